The molecule has 6 atom stereocenters. The standard InChI is InChI=1S/C19H27F3O3S.C3H8.C2H6/c1-18-11-10-14-13-5-3-2-4-12(13)6-7-15(14)16(18)8-9-17(18)25-26(23,24)19(20,21)22;1-3-2;1-2/h9,12-16H,2-8,10-11H2,1H3;3H2,1-2H3;1-2H3. The summed E-state index contributed by atoms with van der Waals surface area (Å²) in [6.07, 6.45) is 12.8. The van der Waals surface area contributed by atoms with Gasteiger partial charge in [0.1, 0.15) is 5.76 Å². The first-order chi connectivity index (χ1) is 14.5. The van der Waals surface area contributed by atoms with Gasteiger partial charge in [-0.2, -0.15) is 21.6 Å². The minimum atomic E-state index is -5.59. The van der Waals surface area contributed by atoms with E-state index in [4.69, 9.17) is 0 Å². The van der Waals surface area contributed by atoms with Crippen LogP contribution in [-0.2, 0) is 14.3 Å². The number of rotatable bonds is 2. The Morgan fingerprint density at radius 1 is 1.00 bits per heavy atom. The minimum absolute atomic E-state index is 0.0315. The number of alkyl halides is 3. The summed E-state index contributed by atoms with van der Waals surface area (Å²) in [6.45, 7) is 10.2. The minimum Gasteiger partial charge on any atom is -0.380 e. The van der Waals surface area contributed by atoms with Crippen LogP contribution in [0.2, 0.25) is 0 Å². The summed E-state index contributed by atoms with van der Waals surface area (Å²) in [5, 5.41) is 0. The van der Waals surface area contributed by atoms with Crippen molar-refractivity contribution in [1.82, 2.24) is 0 Å². The van der Waals surface area contributed by atoms with E-state index in [1.807, 2.05) is 20.8 Å². The van der Waals surface area contributed by atoms with E-state index in [0.717, 1.165) is 31.1 Å². The Morgan fingerprint density at radius 2 is 1.61 bits per heavy atom. The van der Waals surface area contributed by atoms with Gasteiger partial charge in [-0.15, -0.1) is 0 Å². The molecule has 4 rings (SSSR count). The first-order valence-electron chi connectivity index (χ1n) is 12.3. The molecule has 0 spiro atoms. The maximum atomic E-state index is 12.7. The van der Waals surface area contributed by atoms with E-state index in [1.165, 1.54) is 38.5 Å². The van der Waals surface area contributed by atoms with E-state index < -0.39 is 21.0 Å². The highest BCUT2D eigenvalue weighted by Gasteiger charge is 2.57. The number of halogens is 3. The molecule has 3 saturated carbocycles. The van der Waals surface area contributed by atoms with Crippen molar-refractivity contribution in [2.45, 2.75) is 104 Å². The molecule has 3 fully saturated rings. The van der Waals surface area contributed by atoms with Crippen LogP contribution < -0.4 is 0 Å². The Bertz CT molecular complexity index is 716. The Kier molecular flexibility index (Phi) is 8.97. The third-order valence-corrected chi connectivity index (χ3v) is 8.84. The Labute approximate surface area is 187 Å². The molecule has 0 amide bonds. The third kappa shape index (κ3) is 5.27. The van der Waals surface area contributed by atoms with Crippen LogP contribution in [0, 0.1) is 35.0 Å². The molecule has 31 heavy (non-hydrogen) atoms. The van der Waals surface area contributed by atoms with Gasteiger partial charge in [0.25, 0.3) is 0 Å². The van der Waals surface area contributed by atoms with Gasteiger partial charge in [0.15, 0.2) is 0 Å². The molecule has 0 aliphatic heterocycles. The van der Waals surface area contributed by atoms with Crippen LogP contribution >= 0.6 is 0 Å². The SMILES string of the molecule is CC.CC12CCC3C4CCCCC4CCC3C1CC=C2OS(=O)(=O)C(F)(F)F.CCC. The Morgan fingerprint density at radius 3 is 2.23 bits per heavy atom. The van der Waals surface area contributed by atoms with Crippen molar-refractivity contribution >= 4 is 10.1 Å². The summed E-state index contributed by atoms with van der Waals surface area (Å²) < 4.78 is 65.9. The molecule has 3 nitrogen and oxygen atoms in total. The van der Waals surface area contributed by atoms with Gasteiger partial charge in [-0.1, -0.05) is 60.3 Å². The Hall–Kier alpha value is -0.720. The highest BCUT2D eigenvalue weighted by Crippen LogP contribution is 2.63. The van der Waals surface area contributed by atoms with Crippen LogP contribution in [-0.4, -0.2) is 13.9 Å². The first kappa shape index (κ1) is 26.5. The molecule has 6 unspecified atom stereocenters. The van der Waals surface area contributed by atoms with Crippen LogP contribution in [0.3, 0.4) is 0 Å². The van der Waals surface area contributed by atoms with Crippen LogP contribution in [0.1, 0.15) is 98.8 Å². The fourth-order valence-electron chi connectivity index (χ4n) is 6.65. The van der Waals surface area contributed by atoms with Crippen molar-refractivity contribution in [2.24, 2.45) is 35.0 Å². The molecule has 182 valence electrons. The largest absolute Gasteiger partial charge is 0.534 e. The van der Waals surface area contributed by atoms with E-state index in [-0.39, 0.29) is 11.7 Å². The van der Waals surface area contributed by atoms with Crippen molar-refractivity contribution < 1.29 is 25.8 Å². The topological polar surface area (TPSA) is 43.4 Å². The quantitative estimate of drug-likeness (QED) is 0.308. The molecule has 0 N–H and O–H groups in total. The van der Waals surface area contributed by atoms with Gasteiger partial charge in [0.05, 0.1) is 0 Å². The zero-order valence-electron chi connectivity index (χ0n) is 19.8. The van der Waals surface area contributed by atoms with Gasteiger partial charge < -0.3 is 4.18 Å². The lowest BCUT2D eigenvalue weighted by atomic mass is 9.50. The zero-order valence-corrected chi connectivity index (χ0v) is 20.6. The predicted octanol–water partition coefficient (Wildman–Crippen LogP) is 7.83. The molecule has 7 heteroatoms. The second-order valence-electron chi connectivity index (χ2n) is 9.67. The smallest absolute Gasteiger partial charge is 0.380 e. The lowest BCUT2D eigenvalue weighted by Gasteiger charge is -2.54. The van der Waals surface area contributed by atoms with Crippen molar-refractivity contribution in [1.29, 1.82) is 0 Å². The van der Waals surface area contributed by atoms with Crippen LogP contribution in [0.25, 0.3) is 0 Å². The van der Waals surface area contributed by atoms with E-state index in [9.17, 15) is 21.6 Å². The number of hydrogen-bond acceptors (Lipinski definition) is 3. The van der Waals surface area contributed by atoms with Gasteiger partial charge in [-0.3, -0.25) is 0 Å². The fourth-order valence-corrected chi connectivity index (χ4v) is 7.24. The maximum Gasteiger partial charge on any atom is 0.534 e. The molecule has 0 aromatic carbocycles. The van der Waals surface area contributed by atoms with Gasteiger partial charge in [-0.05, 0) is 74.2 Å². The number of allylic oxidation sites excluding steroid dienone is 2. The summed E-state index contributed by atoms with van der Waals surface area (Å²) in [5.74, 6) is 2.96. The van der Waals surface area contributed by atoms with Crippen molar-refractivity contribution in [2.75, 3.05) is 0 Å². The third-order valence-electron chi connectivity index (χ3n) is 7.87. The van der Waals surface area contributed by atoms with Crippen molar-refractivity contribution in [3.63, 3.8) is 0 Å². The Balaban J connectivity index is 0.000000630. The van der Waals surface area contributed by atoms with E-state index in [1.54, 1.807) is 6.08 Å². The molecule has 0 heterocycles. The summed E-state index contributed by atoms with van der Waals surface area (Å²) in [4.78, 5) is 0. The van der Waals surface area contributed by atoms with Gasteiger partial charge >= 0.3 is 15.6 Å². The first-order valence-corrected chi connectivity index (χ1v) is 13.7. The molecule has 0 saturated heterocycles. The second-order valence-corrected chi connectivity index (χ2v) is 11.2. The number of hydrogen-bond donors (Lipinski definition) is 0. The highest BCUT2D eigenvalue weighted by atomic mass is 32.2. The van der Waals surface area contributed by atoms with Gasteiger partial charge in [-0.25, -0.2) is 0 Å². The van der Waals surface area contributed by atoms with Gasteiger partial charge in [0.2, 0.25) is 0 Å². The van der Waals surface area contributed by atoms with E-state index in [0.29, 0.717) is 18.3 Å². The summed E-state index contributed by atoms with van der Waals surface area (Å²) in [7, 11) is -5.59. The van der Waals surface area contributed by atoms with Crippen molar-refractivity contribution in [3.8, 4) is 0 Å². The summed E-state index contributed by atoms with van der Waals surface area (Å²) in [5.41, 5.74) is -5.96. The molecular weight excluding hydrogens is 425 g/mol. The second kappa shape index (κ2) is 10.5. The van der Waals surface area contributed by atoms with Gasteiger partial charge in [0, 0.05) is 5.41 Å². The molecular formula is C24H41F3O3S. The summed E-state index contributed by atoms with van der Waals surface area (Å²) >= 11 is 0. The molecule has 0 bridgehead atoms. The normalized spacial score (nSPS) is 36.9. The zero-order chi connectivity index (χ0) is 23.4. The average Bonchev–Trinajstić information content (AvgIpc) is 3.05. The molecule has 4 aliphatic rings. The lowest BCUT2D eigenvalue weighted by Crippen LogP contribution is -2.47. The van der Waals surface area contributed by atoms with Crippen LogP contribution in [0.5, 0.6) is 0 Å². The average molecular weight is 467 g/mol. The maximum absolute atomic E-state index is 12.7. The molecule has 0 aromatic rings. The van der Waals surface area contributed by atoms with Crippen LogP contribution in [0.15, 0.2) is 11.8 Å². The number of fused-ring (bicyclic) bond motifs is 5. The highest BCUT2D eigenvalue weighted by molar-refractivity contribution is 7.87. The molecule has 0 radical (unpaired) electrons. The molecule has 4 aliphatic carbocycles. The summed E-state index contributed by atoms with van der Waals surface area (Å²) in [6, 6.07) is 0. The monoisotopic (exact) mass is 466 g/mol. The molecule has 0 aromatic heterocycles. The predicted molar refractivity (Wildman–Crippen MR) is 119 cm³/mol. The van der Waals surface area contributed by atoms with Crippen LogP contribution in [0.4, 0.5) is 13.2 Å². The van der Waals surface area contributed by atoms with E-state index >= 15 is 0 Å². The lowest BCUT2D eigenvalue weighted by molar-refractivity contribution is -0.0622. The van der Waals surface area contributed by atoms with E-state index in [2.05, 4.69) is 18.0 Å². The fraction of sp³-hybridized carbons (Fsp3) is 0.917. The van der Waals surface area contributed by atoms with Crippen molar-refractivity contribution in [3.05, 3.63) is 11.8 Å².